The SMILES string of the molecule is Cc1c(-c2ccccc2)nc2ccccc2c1C(=O)OCC(=O)Nc1ccnn1C(C)C. The minimum atomic E-state index is -0.564. The highest BCUT2D eigenvalue weighted by molar-refractivity contribution is 6.07. The van der Waals surface area contributed by atoms with Gasteiger partial charge < -0.3 is 10.1 Å². The lowest BCUT2D eigenvalue weighted by molar-refractivity contribution is -0.119. The number of anilines is 1. The standard InChI is InChI=1S/C25H24N4O3/c1-16(2)29-21(13-14-26-29)28-22(30)15-32-25(31)23-17(3)24(18-9-5-4-6-10-18)27-20-12-8-7-11-19(20)23/h4-14,16H,15H2,1-3H3,(H,28,30). The molecule has 1 N–H and O–H groups in total. The number of fused-ring (bicyclic) bond motifs is 1. The van der Waals surface area contributed by atoms with Crippen LogP contribution in [0.3, 0.4) is 0 Å². The Bertz CT molecular complexity index is 1280. The summed E-state index contributed by atoms with van der Waals surface area (Å²) in [4.78, 5) is 30.3. The lowest BCUT2D eigenvalue weighted by atomic mass is 9.98. The number of hydrogen-bond acceptors (Lipinski definition) is 5. The van der Waals surface area contributed by atoms with Gasteiger partial charge >= 0.3 is 5.97 Å². The van der Waals surface area contributed by atoms with E-state index < -0.39 is 18.5 Å². The van der Waals surface area contributed by atoms with Crippen LogP contribution in [0.5, 0.6) is 0 Å². The van der Waals surface area contributed by atoms with Crippen molar-refractivity contribution in [3.05, 3.63) is 78.0 Å². The van der Waals surface area contributed by atoms with Gasteiger partial charge in [0.2, 0.25) is 0 Å². The molecule has 0 saturated carbocycles. The van der Waals surface area contributed by atoms with Gasteiger partial charge in [-0.15, -0.1) is 0 Å². The first kappa shape index (κ1) is 21.2. The van der Waals surface area contributed by atoms with Gasteiger partial charge in [-0.2, -0.15) is 5.10 Å². The zero-order valence-electron chi connectivity index (χ0n) is 18.2. The molecule has 0 saturated heterocycles. The van der Waals surface area contributed by atoms with Gasteiger partial charge in [0.1, 0.15) is 5.82 Å². The Hall–Kier alpha value is -4.00. The molecule has 7 nitrogen and oxygen atoms in total. The first-order chi connectivity index (χ1) is 15.5. The second-order valence-electron chi connectivity index (χ2n) is 7.72. The molecule has 0 aliphatic heterocycles. The van der Waals surface area contributed by atoms with Gasteiger partial charge in [0.05, 0.1) is 23.0 Å². The molecule has 1 amide bonds. The third-order valence-corrected chi connectivity index (χ3v) is 5.15. The smallest absolute Gasteiger partial charge is 0.339 e. The minimum Gasteiger partial charge on any atom is -0.452 e. The minimum absolute atomic E-state index is 0.0880. The molecule has 4 aromatic rings. The highest BCUT2D eigenvalue weighted by atomic mass is 16.5. The van der Waals surface area contributed by atoms with Crippen LogP contribution in [0.1, 0.15) is 35.8 Å². The topological polar surface area (TPSA) is 86.1 Å². The van der Waals surface area contributed by atoms with Gasteiger partial charge in [0.25, 0.3) is 5.91 Å². The quantitative estimate of drug-likeness (QED) is 0.447. The summed E-state index contributed by atoms with van der Waals surface area (Å²) in [6.07, 6.45) is 1.61. The first-order valence-electron chi connectivity index (χ1n) is 10.4. The number of amides is 1. The van der Waals surface area contributed by atoms with E-state index in [4.69, 9.17) is 9.72 Å². The molecule has 0 spiro atoms. The summed E-state index contributed by atoms with van der Waals surface area (Å²) in [5.41, 5.74) is 3.42. The van der Waals surface area contributed by atoms with E-state index >= 15 is 0 Å². The van der Waals surface area contributed by atoms with E-state index in [0.717, 1.165) is 5.56 Å². The number of benzene rings is 2. The maximum absolute atomic E-state index is 13.1. The molecule has 2 aromatic carbocycles. The number of nitrogens with zero attached hydrogens (tertiary/aromatic N) is 3. The summed E-state index contributed by atoms with van der Waals surface area (Å²) in [5.74, 6) is -0.441. The van der Waals surface area contributed by atoms with Crippen LogP contribution in [0.4, 0.5) is 5.82 Å². The zero-order valence-corrected chi connectivity index (χ0v) is 18.2. The lowest BCUT2D eigenvalue weighted by Crippen LogP contribution is -2.23. The average Bonchev–Trinajstić information content (AvgIpc) is 3.26. The van der Waals surface area contributed by atoms with Gasteiger partial charge in [0, 0.05) is 23.1 Å². The van der Waals surface area contributed by atoms with Crippen LogP contribution in [0.2, 0.25) is 0 Å². The molecule has 0 atom stereocenters. The van der Waals surface area contributed by atoms with Crippen molar-refractivity contribution >= 4 is 28.6 Å². The van der Waals surface area contributed by atoms with Crippen LogP contribution in [-0.4, -0.2) is 33.2 Å². The molecule has 0 fully saturated rings. The van der Waals surface area contributed by atoms with Crippen molar-refractivity contribution < 1.29 is 14.3 Å². The molecule has 2 heterocycles. The monoisotopic (exact) mass is 428 g/mol. The van der Waals surface area contributed by atoms with Crippen LogP contribution in [0.15, 0.2) is 66.9 Å². The third-order valence-electron chi connectivity index (χ3n) is 5.15. The van der Waals surface area contributed by atoms with Gasteiger partial charge in [-0.25, -0.2) is 14.5 Å². The Kier molecular flexibility index (Phi) is 5.98. The number of esters is 1. The third kappa shape index (κ3) is 4.23. The lowest BCUT2D eigenvalue weighted by Gasteiger charge is -2.15. The summed E-state index contributed by atoms with van der Waals surface area (Å²) in [5, 5.41) is 7.61. The number of carbonyl (C=O) groups is 2. The fourth-order valence-electron chi connectivity index (χ4n) is 3.65. The summed E-state index contributed by atoms with van der Waals surface area (Å²) < 4.78 is 7.10. The van der Waals surface area contributed by atoms with E-state index in [9.17, 15) is 9.59 Å². The number of aromatic nitrogens is 3. The normalized spacial score (nSPS) is 11.0. The largest absolute Gasteiger partial charge is 0.452 e. The van der Waals surface area contributed by atoms with Crippen molar-refractivity contribution in [3.8, 4) is 11.3 Å². The zero-order chi connectivity index (χ0) is 22.7. The van der Waals surface area contributed by atoms with E-state index in [-0.39, 0.29) is 6.04 Å². The highest BCUT2D eigenvalue weighted by Gasteiger charge is 2.21. The fourth-order valence-corrected chi connectivity index (χ4v) is 3.65. The van der Waals surface area contributed by atoms with Gasteiger partial charge in [-0.3, -0.25) is 4.79 Å². The van der Waals surface area contributed by atoms with Crippen molar-refractivity contribution in [1.29, 1.82) is 0 Å². The molecule has 0 radical (unpaired) electrons. The molecule has 0 aliphatic carbocycles. The molecule has 162 valence electrons. The van der Waals surface area contributed by atoms with E-state index in [1.54, 1.807) is 16.9 Å². The molecule has 2 aromatic heterocycles. The van der Waals surface area contributed by atoms with Crippen molar-refractivity contribution in [2.75, 3.05) is 11.9 Å². The number of para-hydroxylation sites is 1. The number of nitrogens with one attached hydrogen (secondary N) is 1. The number of ether oxygens (including phenoxy) is 1. The highest BCUT2D eigenvalue weighted by Crippen LogP contribution is 2.30. The van der Waals surface area contributed by atoms with Crippen molar-refractivity contribution in [3.63, 3.8) is 0 Å². The van der Waals surface area contributed by atoms with Crippen LogP contribution in [0, 0.1) is 6.92 Å². The van der Waals surface area contributed by atoms with Crippen molar-refractivity contribution in [1.82, 2.24) is 14.8 Å². The second-order valence-corrected chi connectivity index (χ2v) is 7.72. The summed E-state index contributed by atoms with van der Waals surface area (Å²) in [6.45, 7) is 5.37. The van der Waals surface area contributed by atoms with Crippen LogP contribution in [-0.2, 0) is 9.53 Å². The Morgan fingerprint density at radius 1 is 1.03 bits per heavy atom. The Morgan fingerprint density at radius 2 is 1.75 bits per heavy atom. The van der Waals surface area contributed by atoms with E-state index in [0.29, 0.717) is 33.5 Å². The number of hydrogen-bond donors (Lipinski definition) is 1. The molecule has 0 aliphatic rings. The number of rotatable bonds is 6. The molecule has 4 rings (SSSR count). The van der Waals surface area contributed by atoms with E-state index in [2.05, 4.69) is 10.4 Å². The Labute approximate surface area is 186 Å². The second kappa shape index (κ2) is 9.01. The van der Waals surface area contributed by atoms with Gasteiger partial charge in [0.15, 0.2) is 6.61 Å². The van der Waals surface area contributed by atoms with Crippen LogP contribution in [0.25, 0.3) is 22.2 Å². The summed E-state index contributed by atoms with van der Waals surface area (Å²) in [7, 11) is 0. The Morgan fingerprint density at radius 3 is 2.50 bits per heavy atom. The summed E-state index contributed by atoms with van der Waals surface area (Å²) >= 11 is 0. The van der Waals surface area contributed by atoms with Crippen molar-refractivity contribution in [2.45, 2.75) is 26.8 Å². The predicted octanol–water partition coefficient (Wildman–Crippen LogP) is 4.78. The fraction of sp³-hybridized carbons (Fsp3) is 0.200. The summed E-state index contributed by atoms with van der Waals surface area (Å²) in [6, 6.07) is 18.9. The van der Waals surface area contributed by atoms with Crippen molar-refractivity contribution in [2.24, 2.45) is 0 Å². The maximum Gasteiger partial charge on any atom is 0.339 e. The molecule has 32 heavy (non-hydrogen) atoms. The molecular formula is C25H24N4O3. The average molecular weight is 428 g/mol. The predicted molar refractivity (Wildman–Crippen MR) is 123 cm³/mol. The van der Waals surface area contributed by atoms with E-state index in [1.807, 2.05) is 75.4 Å². The number of carbonyl (C=O) groups excluding carboxylic acids is 2. The van der Waals surface area contributed by atoms with Gasteiger partial charge in [-0.1, -0.05) is 48.5 Å². The maximum atomic E-state index is 13.1. The van der Waals surface area contributed by atoms with Crippen LogP contribution < -0.4 is 5.32 Å². The Balaban J connectivity index is 1.60. The number of pyridine rings is 1. The molecule has 0 unspecified atom stereocenters. The molecule has 7 heteroatoms. The molecular weight excluding hydrogens is 404 g/mol. The van der Waals surface area contributed by atoms with Gasteiger partial charge in [-0.05, 0) is 32.4 Å². The van der Waals surface area contributed by atoms with E-state index in [1.165, 1.54) is 0 Å². The first-order valence-corrected chi connectivity index (χ1v) is 10.4. The molecule has 0 bridgehead atoms. The van der Waals surface area contributed by atoms with Crippen LogP contribution >= 0.6 is 0 Å².